The fraction of sp³-hybridized carbons (Fsp3) is 0.481. The van der Waals surface area contributed by atoms with Crippen LogP contribution < -0.4 is 24.3 Å². The Morgan fingerprint density at radius 3 is 2.36 bits per heavy atom. The molecule has 2 fully saturated rings. The Bertz CT molecular complexity index is 2500. The number of aromatic hydroxyl groups is 3. The molecule has 2 saturated carbocycles. The van der Waals surface area contributed by atoms with Crippen LogP contribution in [0.1, 0.15) is 105 Å². The zero-order valence-corrected chi connectivity index (χ0v) is 38.5. The Morgan fingerprint density at radius 2 is 1.60 bits per heavy atom. The minimum Gasteiger partial charge on any atom is -0.508 e. The molecule has 0 saturated heterocycles. The number of benzene rings is 5. The molecule has 67 heavy (non-hydrogen) atoms. The molecule has 13 heteroatoms. The third kappa shape index (κ3) is 10.1. The van der Waals surface area contributed by atoms with Gasteiger partial charge in [0, 0.05) is 72.6 Å². The average molecular weight is 920 g/mol. The summed E-state index contributed by atoms with van der Waals surface area (Å²) in [5, 5.41) is 71.5. The molecule has 2 heterocycles. The highest BCUT2D eigenvalue weighted by atomic mass is 16.5. The van der Waals surface area contributed by atoms with Crippen LogP contribution in [0.5, 0.6) is 40.2 Å². The van der Waals surface area contributed by atoms with Crippen molar-refractivity contribution in [3.05, 3.63) is 101 Å². The van der Waals surface area contributed by atoms with Gasteiger partial charge in [-0.05, 0) is 148 Å². The second-order valence-electron chi connectivity index (χ2n) is 18.9. The molecule has 0 bridgehead atoms. The van der Waals surface area contributed by atoms with Crippen LogP contribution in [0.4, 0.5) is 0 Å². The van der Waals surface area contributed by atoms with Gasteiger partial charge in [-0.3, -0.25) is 5.32 Å². The monoisotopic (exact) mass is 919 g/mol. The third-order valence-corrected chi connectivity index (χ3v) is 14.4. The summed E-state index contributed by atoms with van der Waals surface area (Å²) in [5.74, 6) is 1.47. The van der Waals surface area contributed by atoms with Crippen molar-refractivity contribution in [1.82, 2.24) is 5.32 Å². The van der Waals surface area contributed by atoms with E-state index in [1.165, 1.54) is 0 Å². The Hall–Kier alpha value is -5.28. The van der Waals surface area contributed by atoms with E-state index in [-0.39, 0.29) is 49.5 Å². The molecule has 6 atom stereocenters. The summed E-state index contributed by atoms with van der Waals surface area (Å²) >= 11 is 0. The number of phenolic OH excluding ortho intramolecular Hbond substituents is 3. The van der Waals surface area contributed by atoms with E-state index in [2.05, 4.69) is 5.32 Å². The predicted molar refractivity (Wildman–Crippen MR) is 253 cm³/mol. The zero-order valence-electron chi connectivity index (χ0n) is 38.5. The number of phenols is 3. The van der Waals surface area contributed by atoms with Crippen LogP contribution in [0.15, 0.2) is 78.9 Å². The molecule has 0 aromatic heterocycles. The Balaban J connectivity index is 1.15. The lowest BCUT2D eigenvalue weighted by Crippen LogP contribution is -2.50. The first-order valence-electron chi connectivity index (χ1n) is 24.0. The van der Waals surface area contributed by atoms with Crippen molar-refractivity contribution in [2.45, 2.75) is 113 Å². The quantitative estimate of drug-likeness (QED) is 0.0327. The first-order chi connectivity index (χ1) is 32.5. The first kappa shape index (κ1) is 46.8. The summed E-state index contributed by atoms with van der Waals surface area (Å²) in [6.45, 7) is 0.718. The number of ether oxygens (including phenoxy) is 6. The summed E-state index contributed by atoms with van der Waals surface area (Å²) in [6.07, 6.45) is 6.08. The number of fused-ring (bicyclic) bond motifs is 4. The van der Waals surface area contributed by atoms with Crippen LogP contribution in [-0.4, -0.2) is 95.3 Å². The predicted octanol–water partition coefficient (Wildman–Crippen LogP) is 8.75. The summed E-state index contributed by atoms with van der Waals surface area (Å²) < 4.78 is 39.5. The molecular weight excluding hydrogens is 855 g/mol. The van der Waals surface area contributed by atoms with Crippen LogP contribution in [0.25, 0.3) is 21.9 Å². The normalized spacial score (nSPS) is 22.7. The number of hydrogen-bond donors (Lipinski definition) is 7. The Kier molecular flexibility index (Phi) is 14.3. The Labute approximate surface area is 392 Å². The molecule has 0 unspecified atom stereocenters. The van der Waals surface area contributed by atoms with Gasteiger partial charge in [0.25, 0.3) is 0 Å². The lowest BCUT2D eigenvalue weighted by Gasteiger charge is -2.47. The van der Waals surface area contributed by atoms with E-state index < -0.39 is 42.0 Å². The average Bonchev–Trinajstić information content (AvgIpc) is 4.01. The van der Waals surface area contributed by atoms with Crippen LogP contribution in [0, 0.1) is 11.8 Å². The van der Waals surface area contributed by atoms with E-state index in [9.17, 15) is 30.6 Å². The van der Waals surface area contributed by atoms with Crippen LogP contribution in [0.2, 0.25) is 0 Å². The number of methoxy groups -OCH3 is 2. The molecule has 13 nitrogen and oxygen atoms in total. The summed E-state index contributed by atoms with van der Waals surface area (Å²) in [5.41, 5.74) is 3.46. The molecule has 358 valence electrons. The lowest BCUT2D eigenvalue weighted by molar-refractivity contribution is -0.138. The fourth-order valence-electron chi connectivity index (χ4n) is 11.1. The highest BCUT2D eigenvalue weighted by Crippen LogP contribution is 2.55. The number of hydrogen-bond acceptors (Lipinski definition) is 13. The van der Waals surface area contributed by atoms with Gasteiger partial charge >= 0.3 is 0 Å². The van der Waals surface area contributed by atoms with E-state index in [0.717, 1.165) is 66.2 Å². The molecule has 0 amide bonds. The molecule has 9 rings (SSSR count). The van der Waals surface area contributed by atoms with Gasteiger partial charge in [-0.2, -0.15) is 0 Å². The van der Waals surface area contributed by atoms with Gasteiger partial charge in [0.05, 0.1) is 38.1 Å². The summed E-state index contributed by atoms with van der Waals surface area (Å²) in [7, 11) is 3.25. The van der Waals surface area contributed by atoms with Gasteiger partial charge in [0.15, 0.2) is 0 Å². The van der Waals surface area contributed by atoms with Gasteiger partial charge in [0.1, 0.15) is 52.1 Å². The highest BCUT2D eigenvalue weighted by Gasteiger charge is 2.50. The van der Waals surface area contributed by atoms with Crippen molar-refractivity contribution in [2.24, 2.45) is 11.8 Å². The number of aliphatic hydroxyl groups is 3. The van der Waals surface area contributed by atoms with Crippen molar-refractivity contribution < 1.29 is 59.1 Å². The fourth-order valence-corrected chi connectivity index (χ4v) is 11.1. The van der Waals surface area contributed by atoms with Crippen LogP contribution >= 0.6 is 0 Å². The van der Waals surface area contributed by atoms with E-state index in [0.29, 0.717) is 78.2 Å². The topological polar surface area (TPSA) is 189 Å². The molecule has 2 aliphatic heterocycles. The van der Waals surface area contributed by atoms with Gasteiger partial charge in [-0.25, -0.2) is 0 Å². The van der Waals surface area contributed by atoms with Gasteiger partial charge in [-0.15, -0.1) is 0 Å². The van der Waals surface area contributed by atoms with Crippen molar-refractivity contribution in [3.8, 4) is 51.4 Å². The molecule has 2 aliphatic carbocycles. The molecule has 7 N–H and O–H groups in total. The summed E-state index contributed by atoms with van der Waals surface area (Å²) in [6, 6.07) is 23.1. The smallest absolute Gasteiger partial charge is 0.133 e. The van der Waals surface area contributed by atoms with E-state index in [1.807, 2.05) is 36.4 Å². The lowest BCUT2D eigenvalue weighted by atomic mass is 9.72. The van der Waals surface area contributed by atoms with Crippen molar-refractivity contribution in [2.75, 3.05) is 40.6 Å². The number of aliphatic hydroxyl groups excluding tert-OH is 2. The second kappa shape index (κ2) is 20.5. The van der Waals surface area contributed by atoms with Crippen molar-refractivity contribution in [1.29, 1.82) is 0 Å². The molecular formula is C54H65NO12. The zero-order chi connectivity index (χ0) is 46.7. The standard InChI is InChI=1S/C54H65NO12/c1-62-22-8-13-47-49(53(66-39(18-21-56)30-55-54(61)19-5-6-20-54)45-29-48(63-2)43-27-37(59)15-17-42(43)52(45)67-47)46-31-64-51-34(26-40(28-44(51)50(46)60)65-38-11-3-4-12-38)23-33-25-36(58)14-16-41(33)32-9-7-10-35(57)24-32/h7,9-10,14-17,24-29,38-39,46-47,49-50,53,55-61H,3-6,8,11-13,18-23,30-31H2,1-2H3/t39-,46-,47-,49-,50-,53+/m1/s1. The van der Waals surface area contributed by atoms with Gasteiger partial charge in [0.2, 0.25) is 0 Å². The first-order valence-corrected chi connectivity index (χ1v) is 24.0. The molecule has 5 aromatic rings. The number of nitrogens with one attached hydrogen (secondary N) is 1. The summed E-state index contributed by atoms with van der Waals surface area (Å²) in [4.78, 5) is 0. The molecule has 4 aliphatic rings. The van der Waals surface area contributed by atoms with Crippen LogP contribution in [-0.2, 0) is 15.9 Å². The Morgan fingerprint density at radius 1 is 0.821 bits per heavy atom. The third-order valence-electron chi connectivity index (χ3n) is 14.4. The molecule has 0 spiro atoms. The molecule has 0 radical (unpaired) electrons. The van der Waals surface area contributed by atoms with Gasteiger partial charge in [-0.1, -0.05) is 18.2 Å². The second-order valence-corrected chi connectivity index (χ2v) is 18.9. The number of rotatable bonds is 18. The minimum absolute atomic E-state index is 0.0317. The maximum absolute atomic E-state index is 13.1. The van der Waals surface area contributed by atoms with Crippen molar-refractivity contribution >= 4 is 10.8 Å². The van der Waals surface area contributed by atoms with Gasteiger partial charge < -0.3 is 59.1 Å². The highest BCUT2D eigenvalue weighted by molar-refractivity contribution is 5.96. The SMILES string of the molecule is COCCC[C@H]1Oc2c(cc(OC)c3cc(O)ccc23)[C@H](O[C@H](CCO)CNC2(O)CCCC2)[C@@H]1[C@H]1COc2c(Cc3cc(O)ccc3-c3cccc(O)c3)cc(OC3CCCC3)cc2[C@H]1O. The van der Waals surface area contributed by atoms with E-state index >= 15 is 0 Å². The van der Waals surface area contributed by atoms with E-state index in [1.54, 1.807) is 56.7 Å². The van der Waals surface area contributed by atoms with Crippen molar-refractivity contribution in [3.63, 3.8) is 0 Å². The largest absolute Gasteiger partial charge is 0.508 e. The van der Waals surface area contributed by atoms with Crippen LogP contribution in [0.3, 0.4) is 0 Å². The minimum atomic E-state index is -1.08. The molecule has 5 aromatic carbocycles. The maximum Gasteiger partial charge on any atom is 0.133 e. The maximum atomic E-state index is 13.1. The van der Waals surface area contributed by atoms with E-state index in [4.69, 9.17) is 28.4 Å².